The zero-order valence-electron chi connectivity index (χ0n) is 8.64. The molecule has 3 nitrogen and oxygen atoms in total. The molecule has 1 unspecified atom stereocenters. The molecule has 0 aliphatic heterocycles. The van der Waals surface area contributed by atoms with Crippen LogP contribution in [0.3, 0.4) is 0 Å². The summed E-state index contributed by atoms with van der Waals surface area (Å²) in [6.45, 7) is 2.12. The minimum absolute atomic E-state index is 0.311. The van der Waals surface area contributed by atoms with Crippen molar-refractivity contribution in [3.05, 3.63) is 30.1 Å². The predicted molar refractivity (Wildman–Crippen MR) is 57.1 cm³/mol. The lowest BCUT2D eigenvalue weighted by Crippen LogP contribution is -2.16. The van der Waals surface area contributed by atoms with Gasteiger partial charge in [0.25, 0.3) is 0 Å². The first-order chi connectivity index (χ1) is 7.29. The van der Waals surface area contributed by atoms with Gasteiger partial charge < -0.3 is 4.74 Å². The average Bonchev–Trinajstić information content (AvgIpc) is 2.27. The molecule has 15 heavy (non-hydrogen) atoms. The topological polar surface area (TPSA) is 39.2 Å². The van der Waals surface area contributed by atoms with Crippen LogP contribution in [0, 0.1) is 12.3 Å². The zero-order chi connectivity index (χ0) is 11.1. The number of ether oxygens (including phenoxy) is 1. The molecule has 0 spiro atoms. The molecule has 0 fully saturated rings. The summed E-state index contributed by atoms with van der Waals surface area (Å²) in [4.78, 5) is 15.7. The van der Waals surface area contributed by atoms with Crippen LogP contribution in [0.4, 0.5) is 0 Å². The first kappa shape index (κ1) is 11.3. The fourth-order valence-electron chi connectivity index (χ4n) is 1.25. The molecule has 1 aromatic rings. The highest BCUT2D eigenvalue weighted by molar-refractivity contribution is 5.77. The molecule has 0 amide bonds. The maximum absolute atomic E-state index is 11.6. The summed E-state index contributed by atoms with van der Waals surface area (Å²) in [5.41, 5.74) is 0.661. The van der Waals surface area contributed by atoms with Gasteiger partial charge in [0.15, 0.2) is 0 Å². The number of rotatable bonds is 4. The van der Waals surface area contributed by atoms with Crippen molar-refractivity contribution in [1.82, 2.24) is 4.98 Å². The third-order valence-corrected chi connectivity index (χ3v) is 1.94. The van der Waals surface area contributed by atoms with E-state index < -0.39 is 5.92 Å². The molecule has 1 heterocycles. The van der Waals surface area contributed by atoms with E-state index in [4.69, 9.17) is 11.2 Å². The monoisotopic (exact) mass is 203 g/mol. The largest absolute Gasteiger partial charge is 0.465 e. The van der Waals surface area contributed by atoms with E-state index in [-0.39, 0.29) is 5.97 Å². The number of pyridine rings is 1. The number of terminal acetylenes is 1. The number of esters is 1. The van der Waals surface area contributed by atoms with Gasteiger partial charge in [-0.2, -0.15) is 0 Å². The van der Waals surface area contributed by atoms with Crippen molar-refractivity contribution < 1.29 is 9.53 Å². The molecule has 1 atom stereocenters. The second-order valence-electron chi connectivity index (χ2n) is 2.97. The second kappa shape index (κ2) is 5.82. The van der Waals surface area contributed by atoms with Gasteiger partial charge in [0.05, 0.1) is 12.3 Å². The van der Waals surface area contributed by atoms with E-state index in [1.807, 2.05) is 6.07 Å². The summed E-state index contributed by atoms with van der Waals surface area (Å²) >= 11 is 0. The summed E-state index contributed by atoms with van der Waals surface area (Å²) in [6.07, 6.45) is 7.17. The molecule has 0 N–H and O–H groups in total. The van der Waals surface area contributed by atoms with Crippen LogP contribution in [0.5, 0.6) is 0 Å². The second-order valence-corrected chi connectivity index (χ2v) is 2.97. The molecule has 0 radical (unpaired) electrons. The van der Waals surface area contributed by atoms with Gasteiger partial charge in [-0.1, -0.05) is 6.07 Å². The van der Waals surface area contributed by atoms with Gasteiger partial charge in [-0.15, -0.1) is 12.3 Å². The minimum atomic E-state index is -0.448. The fourth-order valence-corrected chi connectivity index (χ4v) is 1.25. The van der Waals surface area contributed by atoms with Gasteiger partial charge in [0, 0.05) is 12.6 Å². The first-order valence-electron chi connectivity index (χ1n) is 4.80. The highest BCUT2D eigenvalue weighted by Crippen LogP contribution is 2.18. The zero-order valence-corrected chi connectivity index (χ0v) is 8.64. The van der Waals surface area contributed by atoms with Crippen LogP contribution < -0.4 is 0 Å². The average molecular weight is 203 g/mol. The molecule has 1 aromatic heterocycles. The molecule has 1 rings (SSSR count). The van der Waals surface area contributed by atoms with E-state index in [1.165, 1.54) is 0 Å². The third-order valence-electron chi connectivity index (χ3n) is 1.94. The summed E-state index contributed by atoms with van der Waals surface area (Å²) in [7, 11) is 0. The highest BCUT2D eigenvalue weighted by Gasteiger charge is 2.21. The normalized spacial score (nSPS) is 11.5. The van der Waals surface area contributed by atoms with E-state index in [1.54, 1.807) is 25.3 Å². The Kier molecular flexibility index (Phi) is 4.36. The lowest BCUT2D eigenvalue weighted by atomic mass is 10.0. The Morgan fingerprint density at radius 2 is 2.47 bits per heavy atom. The van der Waals surface area contributed by atoms with E-state index in [2.05, 4.69) is 10.9 Å². The van der Waals surface area contributed by atoms with Gasteiger partial charge in [-0.25, -0.2) is 0 Å². The number of hydrogen-bond donors (Lipinski definition) is 0. The smallest absolute Gasteiger partial charge is 0.315 e. The van der Waals surface area contributed by atoms with Gasteiger partial charge in [-0.3, -0.25) is 9.78 Å². The van der Waals surface area contributed by atoms with Crippen molar-refractivity contribution in [3.8, 4) is 12.3 Å². The van der Waals surface area contributed by atoms with E-state index in [0.29, 0.717) is 18.7 Å². The standard InChI is InChI=1S/C12H13NO2/c1-3-7-10(12(14)15-4-2)11-8-5-6-9-13-11/h1,5-6,8-10H,4,7H2,2H3. The molecule has 0 aliphatic carbocycles. The predicted octanol–water partition coefficient (Wildman–Crippen LogP) is 1.75. The number of hydrogen-bond acceptors (Lipinski definition) is 3. The quantitative estimate of drug-likeness (QED) is 0.553. The van der Waals surface area contributed by atoms with Crippen LogP contribution in [0.25, 0.3) is 0 Å². The van der Waals surface area contributed by atoms with E-state index in [0.717, 1.165) is 0 Å². The number of aromatic nitrogens is 1. The van der Waals surface area contributed by atoms with E-state index >= 15 is 0 Å². The molecule has 0 saturated heterocycles. The molecule has 0 bridgehead atoms. The van der Waals surface area contributed by atoms with Crippen LogP contribution in [0.2, 0.25) is 0 Å². The Labute approximate surface area is 89.5 Å². The summed E-state index contributed by atoms with van der Waals surface area (Å²) in [5, 5.41) is 0. The summed E-state index contributed by atoms with van der Waals surface area (Å²) < 4.78 is 4.94. The van der Waals surface area contributed by atoms with Gasteiger partial charge in [0.2, 0.25) is 0 Å². The lowest BCUT2D eigenvalue weighted by molar-refractivity contribution is -0.144. The lowest BCUT2D eigenvalue weighted by Gasteiger charge is -2.11. The van der Waals surface area contributed by atoms with Crippen molar-refractivity contribution >= 4 is 5.97 Å². The fraction of sp³-hybridized carbons (Fsp3) is 0.333. The molecular formula is C12H13NO2. The molecular weight excluding hydrogens is 190 g/mol. The molecule has 78 valence electrons. The maximum Gasteiger partial charge on any atom is 0.315 e. The Morgan fingerprint density at radius 3 is 3.00 bits per heavy atom. The summed E-state index contributed by atoms with van der Waals surface area (Å²) in [5.74, 6) is 1.71. The first-order valence-corrected chi connectivity index (χ1v) is 4.80. The Morgan fingerprint density at radius 1 is 1.67 bits per heavy atom. The Hall–Kier alpha value is -1.82. The molecule has 0 aromatic carbocycles. The highest BCUT2D eigenvalue weighted by atomic mass is 16.5. The minimum Gasteiger partial charge on any atom is -0.465 e. The number of carbonyl (C=O) groups is 1. The maximum atomic E-state index is 11.6. The van der Waals surface area contributed by atoms with Crippen molar-refractivity contribution in [1.29, 1.82) is 0 Å². The van der Waals surface area contributed by atoms with Crippen LogP contribution in [-0.2, 0) is 9.53 Å². The van der Waals surface area contributed by atoms with Crippen LogP contribution in [0.15, 0.2) is 24.4 Å². The number of carbonyl (C=O) groups excluding carboxylic acids is 1. The van der Waals surface area contributed by atoms with Crippen LogP contribution in [-0.4, -0.2) is 17.6 Å². The van der Waals surface area contributed by atoms with Crippen LogP contribution >= 0.6 is 0 Å². The number of nitrogens with zero attached hydrogens (tertiary/aromatic N) is 1. The van der Waals surface area contributed by atoms with Gasteiger partial charge >= 0.3 is 5.97 Å². The molecule has 3 heteroatoms. The van der Waals surface area contributed by atoms with Crippen LogP contribution in [0.1, 0.15) is 25.0 Å². The Balaban J connectivity index is 2.84. The SMILES string of the molecule is C#CCC(C(=O)OCC)c1ccccn1. The Bertz CT molecular complexity index is 354. The van der Waals surface area contributed by atoms with Crippen molar-refractivity contribution in [3.63, 3.8) is 0 Å². The van der Waals surface area contributed by atoms with Gasteiger partial charge in [-0.05, 0) is 19.1 Å². The molecule has 0 aliphatic rings. The van der Waals surface area contributed by atoms with Crippen molar-refractivity contribution in [2.24, 2.45) is 0 Å². The van der Waals surface area contributed by atoms with Gasteiger partial charge in [0.1, 0.15) is 5.92 Å². The summed E-state index contributed by atoms with van der Waals surface area (Å²) in [6, 6.07) is 5.39. The molecule has 0 saturated carbocycles. The van der Waals surface area contributed by atoms with Crippen molar-refractivity contribution in [2.75, 3.05) is 6.61 Å². The van der Waals surface area contributed by atoms with Crippen molar-refractivity contribution in [2.45, 2.75) is 19.3 Å². The van der Waals surface area contributed by atoms with E-state index in [9.17, 15) is 4.79 Å². The third kappa shape index (κ3) is 3.10.